The third kappa shape index (κ3) is 11.5. The van der Waals surface area contributed by atoms with Crippen LogP contribution in [0, 0.1) is 13.8 Å². The summed E-state index contributed by atoms with van der Waals surface area (Å²) in [4.78, 5) is 6.54. The van der Waals surface area contributed by atoms with E-state index in [1.165, 1.54) is 19.3 Å². The van der Waals surface area contributed by atoms with Crippen LogP contribution in [0.1, 0.15) is 69.6 Å². The fourth-order valence-corrected chi connectivity index (χ4v) is 3.49. The standard InChI is InChI=1S/C11H13F3N2O.C10H19BO3.C7H6BrF3N2/c1-3-17-5-4-8-7(2)6-9(11(12,13)14)16-10(8)15;1-6-12-8-7-11-13-9(2,3)10(4,5)14-11;1-3-2-4(7(9,10)11)13-6(12)5(3)8/h4-6H,3H2,1-2H3,(H2,15,16);7-8H,6H2,1-5H3;2H,1H3,(H2,12,13)/b5-4+;8-7+;. The Kier molecular flexibility index (Phi) is 14.1. The molecule has 4 N–H and O–H groups in total. The van der Waals surface area contributed by atoms with Crippen LogP contribution in [0.2, 0.25) is 0 Å². The third-order valence-corrected chi connectivity index (χ3v) is 7.34. The van der Waals surface area contributed by atoms with Crippen molar-refractivity contribution in [1.29, 1.82) is 0 Å². The molecule has 8 nitrogen and oxygen atoms in total. The molecule has 0 radical (unpaired) electrons. The lowest BCUT2D eigenvalue weighted by atomic mass is 9.90. The number of hydrogen-bond acceptors (Lipinski definition) is 8. The average Bonchev–Trinajstić information content (AvgIpc) is 3.09. The third-order valence-electron chi connectivity index (χ3n) is 6.31. The Balaban J connectivity index is 0.000000333. The molecule has 0 atom stereocenters. The largest absolute Gasteiger partial charge is 0.502 e. The van der Waals surface area contributed by atoms with Crippen molar-refractivity contribution < 1.29 is 45.1 Å². The second-order valence-electron chi connectivity index (χ2n) is 10.3. The summed E-state index contributed by atoms with van der Waals surface area (Å²) >= 11 is 3.03. The van der Waals surface area contributed by atoms with Crippen LogP contribution in [-0.2, 0) is 31.1 Å². The minimum absolute atomic E-state index is 0.146. The van der Waals surface area contributed by atoms with Crippen molar-refractivity contribution in [3.63, 3.8) is 0 Å². The van der Waals surface area contributed by atoms with E-state index in [2.05, 4.69) is 25.9 Å². The van der Waals surface area contributed by atoms with Crippen molar-refractivity contribution in [3.05, 3.63) is 63.2 Å². The van der Waals surface area contributed by atoms with Gasteiger partial charge in [0.1, 0.15) is 23.0 Å². The van der Waals surface area contributed by atoms with Crippen molar-refractivity contribution >= 4 is 40.8 Å². The van der Waals surface area contributed by atoms with E-state index in [0.29, 0.717) is 34.4 Å². The van der Waals surface area contributed by atoms with Crippen LogP contribution in [-0.4, -0.2) is 41.5 Å². The van der Waals surface area contributed by atoms with Gasteiger partial charge in [0.2, 0.25) is 0 Å². The normalized spacial score (nSPS) is 15.9. The molecule has 0 spiro atoms. The summed E-state index contributed by atoms with van der Waals surface area (Å²) in [5.41, 5.74) is 9.51. The predicted octanol–water partition coefficient (Wildman–Crippen LogP) is 7.92. The average molecular weight is 699 g/mol. The Morgan fingerprint density at radius 1 is 0.818 bits per heavy atom. The molecular weight excluding hydrogens is 661 g/mol. The zero-order valence-corrected chi connectivity index (χ0v) is 27.4. The number of rotatable bonds is 6. The molecule has 0 bridgehead atoms. The van der Waals surface area contributed by atoms with E-state index < -0.39 is 23.7 Å². The molecule has 0 aromatic carbocycles. The highest BCUT2D eigenvalue weighted by Gasteiger charge is 2.50. The Morgan fingerprint density at radius 2 is 1.25 bits per heavy atom. The minimum Gasteiger partial charge on any atom is -0.502 e. The fourth-order valence-electron chi connectivity index (χ4n) is 3.29. The highest BCUT2D eigenvalue weighted by molar-refractivity contribution is 9.10. The van der Waals surface area contributed by atoms with E-state index in [4.69, 9.17) is 30.2 Å². The van der Waals surface area contributed by atoms with Gasteiger partial charge in [-0.1, -0.05) is 0 Å². The van der Waals surface area contributed by atoms with Gasteiger partial charge >= 0.3 is 19.5 Å². The molecule has 0 amide bonds. The van der Waals surface area contributed by atoms with E-state index in [1.54, 1.807) is 26.1 Å². The van der Waals surface area contributed by atoms with Crippen molar-refractivity contribution in [3.8, 4) is 0 Å². The number of pyridine rings is 2. The molecule has 1 aliphatic heterocycles. The summed E-state index contributed by atoms with van der Waals surface area (Å²) in [5, 5.41) is 0. The molecule has 0 saturated carbocycles. The quantitative estimate of drug-likeness (QED) is 0.178. The van der Waals surface area contributed by atoms with Gasteiger partial charge in [-0.2, -0.15) is 26.3 Å². The first-order valence-electron chi connectivity index (χ1n) is 13.3. The summed E-state index contributed by atoms with van der Waals surface area (Å²) in [6, 6.07) is 1.91. The molecule has 1 fully saturated rings. The molecule has 3 heterocycles. The molecule has 3 rings (SSSR count). The monoisotopic (exact) mass is 698 g/mol. The second-order valence-corrected chi connectivity index (χ2v) is 11.1. The van der Waals surface area contributed by atoms with Crippen LogP contribution in [0.3, 0.4) is 0 Å². The van der Waals surface area contributed by atoms with E-state index in [9.17, 15) is 26.3 Å². The highest BCUT2D eigenvalue weighted by Crippen LogP contribution is 2.37. The molecule has 16 heteroatoms. The van der Waals surface area contributed by atoms with Gasteiger partial charge in [-0.05, 0) is 107 Å². The maximum absolute atomic E-state index is 12.4. The smallest absolute Gasteiger partial charge is 0.490 e. The molecule has 1 aliphatic rings. The Morgan fingerprint density at radius 3 is 1.66 bits per heavy atom. The van der Waals surface area contributed by atoms with Crippen LogP contribution in [0.25, 0.3) is 6.08 Å². The number of aryl methyl sites for hydroxylation is 2. The van der Waals surface area contributed by atoms with E-state index >= 15 is 0 Å². The zero-order chi connectivity index (χ0) is 34.1. The van der Waals surface area contributed by atoms with Gasteiger partial charge in [-0.25, -0.2) is 9.97 Å². The van der Waals surface area contributed by atoms with Crippen LogP contribution >= 0.6 is 15.9 Å². The van der Waals surface area contributed by atoms with Crippen molar-refractivity contribution in [2.75, 3.05) is 24.7 Å². The maximum atomic E-state index is 12.4. The summed E-state index contributed by atoms with van der Waals surface area (Å²) in [7, 11) is -0.299. The first kappa shape index (κ1) is 39.0. The molecule has 44 heavy (non-hydrogen) atoms. The first-order valence-corrected chi connectivity index (χ1v) is 14.1. The second kappa shape index (κ2) is 15.8. The Labute approximate surface area is 262 Å². The highest BCUT2D eigenvalue weighted by atomic mass is 79.9. The lowest BCUT2D eigenvalue weighted by Crippen LogP contribution is -2.41. The van der Waals surface area contributed by atoms with Gasteiger partial charge in [0.05, 0.1) is 41.4 Å². The Hall–Kier alpha value is -2.98. The summed E-state index contributed by atoms with van der Waals surface area (Å²) in [6.45, 7) is 16.1. The summed E-state index contributed by atoms with van der Waals surface area (Å²) in [6.07, 6.45) is -4.42. The first-order chi connectivity index (χ1) is 20.1. The summed E-state index contributed by atoms with van der Waals surface area (Å²) < 4.78 is 95.6. The van der Waals surface area contributed by atoms with Gasteiger partial charge in [-0.3, -0.25) is 0 Å². The van der Waals surface area contributed by atoms with Gasteiger partial charge < -0.3 is 30.2 Å². The van der Waals surface area contributed by atoms with Crippen LogP contribution in [0.15, 0.2) is 35.1 Å². The lowest BCUT2D eigenvalue weighted by molar-refractivity contribution is -0.141. The molecule has 0 unspecified atom stereocenters. The van der Waals surface area contributed by atoms with Gasteiger partial charge in [0, 0.05) is 5.56 Å². The predicted molar refractivity (Wildman–Crippen MR) is 162 cm³/mol. The lowest BCUT2D eigenvalue weighted by Gasteiger charge is -2.32. The van der Waals surface area contributed by atoms with E-state index in [0.717, 1.165) is 12.1 Å². The molecule has 2 aromatic heterocycles. The molecular formula is C28H38BBrF6N4O4. The SMILES string of the molecule is CCO/C=C/B1OC(C)(C)C(C)(C)O1.CCO/C=C/c1c(C)cc(C(F)(F)F)nc1N.Cc1cc(C(F)(F)F)nc(N)c1Br. The number of hydrogen-bond donors (Lipinski definition) is 2. The van der Waals surface area contributed by atoms with Gasteiger partial charge in [0.25, 0.3) is 0 Å². The Bertz CT molecular complexity index is 1240. The zero-order valence-electron chi connectivity index (χ0n) is 25.8. The number of aromatic nitrogens is 2. The van der Waals surface area contributed by atoms with Crippen molar-refractivity contribution in [2.45, 2.75) is 78.9 Å². The fraction of sp³-hybridized carbons (Fsp3) is 0.500. The molecule has 0 aliphatic carbocycles. The number of nitrogens with two attached hydrogens (primary N) is 2. The molecule has 2 aromatic rings. The number of anilines is 2. The van der Waals surface area contributed by atoms with E-state index in [-0.39, 0.29) is 30.0 Å². The number of alkyl halides is 6. The van der Waals surface area contributed by atoms with E-state index in [1.807, 2.05) is 34.6 Å². The van der Waals surface area contributed by atoms with Crippen LogP contribution in [0.5, 0.6) is 0 Å². The van der Waals surface area contributed by atoms with Crippen molar-refractivity contribution in [1.82, 2.24) is 9.97 Å². The van der Waals surface area contributed by atoms with Crippen LogP contribution < -0.4 is 11.5 Å². The number of nitrogens with zero attached hydrogens (tertiary/aromatic N) is 2. The van der Waals surface area contributed by atoms with Gasteiger partial charge in [0.15, 0.2) is 0 Å². The topological polar surface area (TPSA) is 115 Å². The molecule has 1 saturated heterocycles. The number of ether oxygens (including phenoxy) is 2. The number of halogens is 7. The molecule has 246 valence electrons. The van der Waals surface area contributed by atoms with Crippen LogP contribution in [0.4, 0.5) is 38.0 Å². The maximum Gasteiger partial charge on any atom is 0.490 e. The summed E-state index contributed by atoms with van der Waals surface area (Å²) in [5.74, 6) is 1.49. The van der Waals surface area contributed by atoms with Crippen molar-refractivity contribution in [2.24, 2.45) is 0 Å². The number of nitrogen functional groups attached to an aromatic ring is 2. The minimum atomic E-state index is -4.49. The van der Waals surface area contributed by atoms with Gasteiger partial charge in [-0.15, -0.1) is 0 Å².